The van der Waals surface area contributed by atoms with Gasteiger partial charge in [0.05, 0.1) is 12.3 Å². The smallest absolute Gasteiger partial charge is 0.0823 e. The molecule has 4 heteroatoms. The Hall–Kier alpha value is -0.870. The van der Waals surface area contributed by atoms with Crippen molar-refractivity contribution >= 4 is 0 Å². The second-order valence-corrected chi connectivity index (χ2v) is 3.94. The fourth-order valence-electron chi connectivity index (χ4n) is 1.59. The van der Waals surface area contributed by atoms with Gasteiger partial charge in [-0.2, -0.15) is 5.10 Å². The third-order valence-electron chi connectivity index (χ3n) is 2.44. The molecule has 2 unspecified atom stereocenters. The topological polar surface area (TPSA) is 47.3 Å². The molecular formula is C11H20N2O2. The number of aromatic nitrogens is 2. The molecule has 15 heavy (non-hydrogen) atoms. The first-order valence-electron chi connectivity index (χ1n) is 5.36. The predicted molar refractivity (Wildman–Crippen MR) is 58.5 cm³/mol. The van der Waals surface area contributed by atoms with Crippen LogP contribution in [0.15, 0.2) is 12.4 Å². The molecule has 0 amide bonds. The zero-order valence-electron chi connectivity index (χ0n) is 9.68. The number of methoxy groups -OCH3 is 1. The first-order valence-corrected chi connectivity index (χ1v) is 5.36. The Balaban J connectivity index is 2.49. The molecule has 0 radical (unpaired) electrons. The molecule has 1 heterocycles. The van der Waals surface area contributed by atoms with Gasteiger partial charge in [0.1, 0.15) is 0 Å². The van der Waals surface area contributed by atoms with E-state index in [-0.39, 0.29) is 0 Å². The highest BCUT2D eigenvalue weighted by Crippen LogP contribution is 2.20. The third-order valence-corrected chi connectivity index (χ3v) is 2.44. The summed E-state index contributed by atoms with van der Waals surface area (Å²) in [7, 11) is 1.68. The highest BCUT2D eigenvalue weighted by Gasteiger charge is 2.13. The molecule has 1 aromatic rings. The number of hydrogen-bond donors (Lipinski definition) is 1. The molecule has 0 aliphatic heterocycles. The van der Waals surface area contributed by atoms with E-state index in [0.717, 1.165) is 12.1 Å². The summed E-state index contributed by atoms with van der Waals surface area (Å²) in [4.78, 5) is 0. The van der Waals surface area contributed by atoms with Crippen LogP contribution in [0.5, 0.6) is 0 Å². The van der Waals surface area contributed by atoms with E-state index < -0.39 is 6.10 Å². The molecule has 0 aliphatic carbocycles. The molecule has 2 atom stereocenters. The van der Waals surface area contributed by atoms with Crippen molar-refractivity contribution in [3.8, 4) is 0 Å². The molecular weight excluding hydrogens is 192 g/mol. The summed E-state index contributed by atoms with van der Waals surface area (Å²) in [5.41, 5.74) is 0.889. The molecule has 0 bridgehead atoms. The fraction of sp³-hybridized carbons (Fsp3) is 0.727. The number of nitrogens with zero attached hydrogens (tertiary/aromatic N) is 2. The van der Waals surface area contributed by atoms with Gasteiger partial charge in [0.15, 0.2) is 0 Å². The number of ether oxygens (including phenoxy) is 1. The van der Waals surface area contributed by atoms with E-state index >= 15 is 0 Å². The second kappa shape index (κ2) is 5.88. The van der Waals surface area contributed by atoms with Crippen LogP contribution in [0.1, 0.15) is 31.9 Å². The maximum Gasteiger partial charge on any atom is 0.0823 e. The number of aliphatic hydroxyl groups excluding tert-OH is 1. The van der Waals surface area contributed by atoms with E-state index in [0.29, 0.717) is 18.9 Å². The van der Waals surface area contributed by atoms with E-state index in [9.17, 15) is 5.11 Å². The highest BCUT2D eigenvalue weighted by molar-refractivity contribution is 5.07. The van der Waals surface area contributed by atoms with Crippen molar-refractivity contribution < 1.29 is 9.84 Å². The second-order valence-electron chi connectivity index (χ2n) is 3.94. The standard InChI is InChI=1S/C11H20N2O2/c1-4-13-7-10(6-12-13)11(14)5-9(2)8-15-3/h6-7,9,11,14H,4-5,8H2,1-3H3. The third kappa shape index (κ3) is 3.64. The van der Waals surface area contributed by atoms with Crippen LogP contribution < -0.4 is 0 Å². The summed E-state index contributed by atoms with van der Waals surface area (Å²) in [6.45, 7) is 5.60. The van der Waals surface area contributed by atoms with Crippen LogP contribution in [0.2, 0.25) is 0 Å². The van der Waals surface area contributed by atoms with Crippen molar-refractivity contribution in [2.75, 3.05) is 13.7 Å². The number of aliphatic hydroxyl groups is 1. The average molecular weight is 212 g/mol. The van der Waals surface area contributed by atoms with Gasteiger partial charge in [-0.1, -0.05) is 6.92 Å². The van der Waals surface area contributed by atoms with Crippen LogP contribution in [-0.2, 0) is 11.3 Å². The molecule has 1 N–H and O–H groups in total. The van der Waals surface area contributed by atoms with E-state index in [1.54, 1.807) is 13.3 Å². The van der Waals surface area contributed by atoms with E-state index in [1.165, 1.54) is 0 Å². The lowest BCUT2D eigenvalue weighted by Crippen LogP contribution is -2.09. The molecule has 0 saturated carbocycles. The minimum atomic E-state index is -0.435. The average Bonchev–Trinajstić information content (AvgIpc) is 2.66. The Morgan fingerprint density at radius 1 is 1.60 bits per heavy atom. The molecule has 1 aromatic heterocycles. The van der Waals surface area contributed by atoms with Crippen molar-refractivity contribution in [1.82, 2.24) is 9.78 Å². The fourth-order valence-corrected chi connectivity index (χ4v) is 1.59. The van der Waals surface area contributed by atoms with Gasteiger partial charge >= 0.3 is 0 Å². The van der Waals surface area contributed by atoms with Crippen molar-refractivity contribution in [1.29, 1.82) is 0 Å². The van der Waals surface area contributed by atoms with E-state index in [1.807, 2.05) is 17.8 Å². The summed E-state index contributed by atoms with van der Waals surface area (Å²) in [5, 5.41) is 14.1. The zero-order chi connectivity index (χ0) is 11.3. The van der Waals surface area contributed by atoms with Crippen molar-refractivity contribution in [2.45, 2.75) is 32.9 Å². The number of rotatable bonds is 6. The predicted octanol–water partition coefficient (Wildman–Crippen LogP) is 1.61. The highest BCUT2D eigenvalue weighted by atomic mass is 16.5. The summed E-state index contributed by atoms with van der Waals surface area (Å²) in [6, 6.07) is 0. The Bertz CT molecular complexity index is 286. The Kier molecular flexibility index (Phi) is 4.78. The monoisotopic (exact) mass is 212 g/mol. The molecule has 0 fully saturated rings. The van der Waals surface area contributed by atoms with Crippen molar-refractivity contribution in [3.05, 3.63) is 18.0 Å². The summed E-state index contributed by atoms with van der Waals surface area (Å²) >= 11 is 0. The lowest BCUT2D eigenvalue weighted by molar-refractivity contribution is 0.102. The maximum absolute atomic E-state index is 9.92. The molecule has 0 saturated heterocycles. The van der Waals surface area contributed by atoms with Crippen molar-refractivity contribution in [2.24, 2.45) is 5.92 Å². The lowest BCUT2D eigenvalue weighted by Gasteiger charge is -2.14. The maximum atomic E-state index is 9.92. The Morgan fingerprint density at radius 2 is 2.33 bits per heavy atom. The first-order chi connectivity index (χ1) is 7.17. The van der Waals surface area contributed by atoms with Crippen LogP contribution in [0.25, 0.3) is 0 Å². The minimum absolute atomic E-state index is 0.356. The van der Waals surface area contributed by atoms with Crippen LogP contribution in [0.3, 0.4) is 0 Å². The molecule has 1 rings (SSSR count). The Morgan fingerprint density at radius 3 is 2.87 bits per heavy atom. The summed E-state index contributed by atoms with van der Waals surface area (Å²) in [5.74, 6) is 0.356. The van der Waals surface area contributed by atoms with Crippen LogP contribution in [-0.4, -0.2) is 28.6 Å². The van der Waals surface area contributed by atoms with Crippen LogP contribution >= 0.6 is 0 Å². The number of aryl methyl sites for hydroxylation is 1. The molecule has 0 aliphatic rings. The molecule has 0 aromatic carbocycles. The van der Waals surface area contributed by atoms with Gasteiger partial charge in [-0.25, -0.2) is 0 Å². The van der Waals surface area contributed by atoms with Gasteiger partial charge < -0.3 is 9.84 Å². The quantitative estimate of drug-likeness (QED) is 0.779. The van der Waals surface area contributed by atoms with Gasteiger partial charge in [-0.15, -0.1) is 0 Å². The van der Waals surface area contributed by atoms with Crippen molar-refractivity contribution in [3.63, 3.8) is 0 Å². The minimum Gasteiger partial charge on any atom is -0.388 e. The Labute approximate surface area is 90.9 Å². The number of hydrogen-bond acceptors (Lipinski definition) is 3. The van der Waals surface area contributed by atoms with Crippen LogP contribution in [0, 0.1) is 5.92 Å². The SMILES string of the molecule is CCn1cc(C(O)CC(C)COC)cn1. The molecule has 86 valence electrons. The van der Waals surface area contributed by atoms with Crippen LogP contribution in [0.4, 0.5) is 0 Å². The van der Waals surface area contributed by atoms with Gasteiger partial charge in [0.2, 0.25) is 0 Å². The molecule has 4 nitrogen and oxygen atoms in total. The lowest BCUT2D eigenvalue weighted by atomic mass is 10.0. The normalized spacial score (nSPS) is 15.2. The summed E-state index contributed by atoms with van der Waals surface area (Å²) < 4.78 is 6.85. The van der Waals surface area contributed by atoms with Gasteiger partial charge in [0.25, 0.3) is 0 Å². The van der Waals surface area contributed by atoms with E-state index in [2.05, 4.69) is 12.0 Å². The summed E-state index contributed by atoms with van der Waals surface area (Å²) in [6.07, 6.45) is 3.90. The van der Waals surface area contributed by atoms with Gasteiger partial charge in [-0.05, 0) is 19.3 Å². The zero-order valence-corrected chi connectivity index (χ0v) is 9.68. The molecule has 0 spiro atoms. The van der Waals surface area contributed by atoms with Gasteiger partial charge in [0, 0.05) is 32.0 Å². The van der Waals surface area contributed by atoms with Gasteiger partial charge in [-0.3, -0.25) is 4.68 Å². The van der Waals surface area contributed by atoms with E-state index in [4.69, 9.17) is 4.74 Å². The first kappa shape index (κ1) is 12.2. The largest absolute Gasteiger partial charge is 0.388 e.